The van der Waals surface area contributed by atoms with Gasteiger partial charge in [-0.25, -0.2) is 0 Å². The molecule has 3 heterocycles. The summed E-state index contributed by atoms with van der Waals surface area (Å²) in [5.74, 6) is 1.11. The number of benzene rings is 2. The van der Waals surface area contributed by atoms with Gasteiger partial charge in [-0.1, -0.05) is 18.2 Å². The number of hydrogen-bond donors (Lipinski definition) is 0. The van der Waals surface area contributed by atoms with E-state index in [0.717, 1.165) is 29.4 Å². The molecule has 1 aliphatic rings. The lowest BCUT2D eigenvalue weighted by Crippen LogP contribution is -2.47. The van der Waals surface area contributed by atoms with Crippen LogP contribution >= 0.6 is 0 Å². The van der Waals surface area contributed by atoms with Crippen molar-refractivity contribution in [1.29, 1.82) is 0 Å². The van der Waals surface area contributed by atoms with E-state index >= 15 is 0 Å². The van der Waals surface area contributed by atoms with E-state index in [0.29, 0.717) is 24.4 Å². The smallest absolute Gasteiger partial charge is 0.256 e. The molecule has 0 unspecified atom stereocenters. The number of pyridine rings is 1. The number of fused-ring (bicyclic) bond motifs is 1. The molecule has 0 bridgehead atoms. The van der Waals surface area contributed by atoms with E-state index in [2.05, 4.69) is 22.1 Å². The number of amides is 1. The summed E-state index contributed by atoms with van der Waals surface area (Å²) in [5, 5.41) is 10.6. The van der Waals surface area contributed by atoms with Crippen LogP contribution in [-0.2, 0) is 0 Å². The topological polar surface area (TPSA) is 73.1 Å². The molecule has 162 valence electrons. The highest BCUT2D eigenvalue weighted by Gasteiger charge is 2.31. The molecule has 0 spiro atoms. The van der Waals surface area contributed by atoms with Crippen molar-refractivity contribution in [2.75, 3.05) is 13.2 Å². The molecule has 7 nitrogen and oxygen atoms in total. The van der Waals surface area contributed by atoms with Crippen molar-refractivity contribution in [1.82, 2.24) is 24.9 Å². The van der Waals surface area contributed by atoms with E-state index in [4.69, 9.17) is 4.74 Å². The van der Waals surface area contributed by atoms with Gasteiger partial charge in [0.1, 0.15) is 5.75 Å². The maximum Gasteiger partial charge on any atom is 0.256 e. The Kier molecular flexibility index (Phi) is 5.54. The van der Waals surface area contributed by atoms with Crippen LogP contribution in [0.3, 0.4) is 0 Å². The fraction of sp³-hybridized carbons (Fsp3) is 0.280. The molecule has 1 aliphatic heterocycles. The summed E-state index contributed by atoms with van der Waals surface area (Å²) in [6.45, 7) is 3.35. The van der Waals surface area contributed by atoms with Crippen LogP contribution in [0.25, 0.3) is 16.5 Å². The van der Waals surface area contributed by atoms with Gasteiger partial charge in [0, 0.05) is 36.3 Å². The number of aromatic nitrogens is 4. The third kappa shape index (κ3) is 4.06. The number of piperidine rings is 1. The third-order valence-electron chi connectivity index (χ3n) is 6.11. The summed E-state index contributed by atoms with van der Waals surface area (Å²) < 4.78 is 6.12. The quantitative estimate of drug-likeness (QED) is 0.479. The van der Waals surface area contributed by atoms with Crippen LogP contribution in [0.15, 0.2) is 73.3 Å². The number of ether oxygens (including phenoxy) is 1. The Morgan fingerprint density at radius 1 is 1.03 bits per heavy atom. The van der Waals surface area contributed by atoms with Gasteiger partial charge in [-0.3, -0.25) is 9.78 Å². The molecule has 1 saturated heterocycles. The summed E-state index contributed by atoms with van der Waals surface area (Å²) in [6, 6.07) is 15.7. The fourth-order valence-electron chi connectivity index (χ4n) is 4.29. The first-order valence-electron chi connectivity index (χ1n) is 10.9. The third-order valence-corrected chi connectivity index (χ3v) is 6.11. The minimum Gasteiger partial charge on any atom is -0.493 e. The molecule has 32 heavy (non-hydrogen) atoms. The number of para-hydroxylation sites is 1. The second kappa shape index (κ2) is 8.78. The van der Waals surface area contributed by atoms with Crippen LogP contribution in [0.4, 0.5) is 0 Å². The Hall–Kier alpha value is -3.74. The molecular formula is C25H25N5O2. The van der Waals surface area contributed by atoms with Gasteiger partial charge in [0.05, 0.1) is 30.3 Å². The van der Waals surface area contributed by atoms with Crippen molar-refractivity contribution in [2.24, 2.45) is 5.92 Å². The number of carbonyl (C=O) groups excluding carboxylic acids is 1. The Morgan fingerprint density at radius 2 is 1.88 bits per heavy atom. The standard InChI is InChI=1S/C25H25N5O2/c1-18-6-7-19(17-32-22-9-8-20-10-11-26-15-21(20)14-22)16-29(18)25(31)23-4-2-3-5-24(23)30-27-12-13-28-30/h2-5,8-15,18-19H,6-7,16-17H2,1H3/t18-,19+/m1/s1. The van der Waals surface area contributed by atoms with Gasteiger partial charge >= 0.3 is 0 Å². The summed E-state index contributed by atoms with van der Waals surface area (Å²) in [5.41, 5.74) is 1.30. The Bertz CT molecular complexity index is 1220. The highest BCUT2D eigenvalue weighted by Crippen LogP contribution is 2.27. The van der Waals surface area contributed by atoms with Gasteiger partial charge in [0.25, 0.3) is 5.91 Å². The maximum absolute atomic E-state index is 13.5. The first-order valence-corrected chi connectivity index (χ1v) is 10.9. The van der Waals surface area contributed by atoms with Crippen molar-refractivity contribution in [3.63, 3.8) is 0 Å². The molecule has 1 amide bonds. The highest BCUT2D eigenvalue weighted by atomic mass is 16.5. The van der Waals surface area contributed by atoms with Gasteiger partial charge in [-0.15, -0.1) is 0 Å². The Labute approximate surface area is 186 Å². The van der Waals surface area contributed by atoms with Crippen molar-refractivity contribution in [2.45, 2.75) is 25.8 Å². The van der Waals surface area contributed by atoms with E-state index in [1.165, 1.54) is 4.80 Å². The average molecular weight is 428 g/mol. The molecule has 2 aromatic carbocycles. The van der Waals surface area contributed by atoms with Crippen molar-refractivity contribution in [3.8, 4) is 11.4 Å². The minimum atomic E-state index is 0.00637. The highest BCUT2D eigenvalue weighted by molar-refractivity contribution is 5.98. The molecule has 2 atom stereocenters. The van der Waals surface area contributed by atoms with E-state index in [-0.39, 0.29) is 17.9 Å². The largest absolute Gasteiger partial charge is 0.493 e. The van der Waals surface area contributed by atoms with Crippen molar-refractivity contribution in [3.05, 3.63) is 78.9 Å². The van der Waals surface area contributed by atoms with Gasteiger partial charge in [0.15, 0.2) is 0 Å². The lowest BCUT2D eigenvalue weighted by Gasteiger charge is -2.38. The lowest BCUT2D eigenvalue weighted by atomic mass is 9.93. The Balaban J connectivity index is 1.30. The molecule has 1 fully saturated rings. The minimum absolute atomic E-state index is 0.00637. The predicted octanol–water partition coefficient (Wildman–Crippen LogP) is 4.14. The first kappa shape index (κ1) is 20.2. The fourth-order valence-corrected chi connectivity index (χ4v) is 4.29. The molecule has 2 aromatic heterocycles. The monoisotopic (exact) mass is 427 g/mol. The zero-order valence-corrected chi connectivity index (χ0v) is 18.0. The molecule has 0 aliphatic carbocycles. The average Bonchev–Trinajstić information content (AvgIpc) is 3.38. The van der Waals surface area contributed by atoms with Crippen molar-refractivity contribution >= 4 is 16.7 Å². The second-order valence-corrected chi connectivity index (χ2v) is 8.28. The van der Waals surface area contributed by atoms with Crippen molar-refractivity contribution < 1.29 is 9.53 Å². The number of nitrogens with zero attached hydrogens (tertiary/aromatic N) is 5. The molecule has 0 N–H and O–H groups in total. The number of rotatable bonds is 5. The summed E-state index contributed by atoms with van der Waals surface area (Å²) >= 11 is 0. The molecule has 0 saturated carbocycles. The van der Waals surface area contributed by atoms with E-state index in [1.54, 1.807) is 18.6 Å². The normalized spacial score (nSPS) is 18.6. The number of likely N-dealkylation sites (tertiary alicyclic amines) is 1. The van der Waals surface area contributed by atoms with Gasteiger partial charge in [-0.05, 0) is 55.5 Å². The van der Waals surface area contributed by atoms with Crippen LogP contribution in [0.1, 0.15) is 30.1 Å². The zero-order chi connectivity index (χ0) is 21.9. The maximum atomic E-state index is 13.5. The van der Waals surface area contributed by atoms with Gasteiger partial charge in [-0.2, -0.15) is 15.0 Å². The number of carbonyl (C=O) groups is 1. The van der Waals surface area contributed by atoms with Crippen LogP contribution in [-0.4, -0.2) is 50.0 Å². The SMILES string of the molecule is C[C@@H]1CC[C@H](COc2ccc3ccncc3c2)CN1C(=O)c1ccccc1-n1nccn1. The van der Waals surface area contributed by atoms with Crippen LogP contribution in [0.2, 0.25) is 0 Å². The second-order valence-electron chi connectivity index (χ2n) is 8.28. The predicted molar refractivity (Wildman–Crippen MR) is 122 cm³/mol. The summed E-state index contributed by atoms with van der Waals surface area (Å²) in [4.78, 5) is 21.1. The molecule has 0 radical (unpaired) electrons. The first-order chi connectivity index (χ1) is 15.7. The summed E-state index contributed by atoms with van der Waals surface area (Å²) in [6.07, 6.45) is 8.84. The molecule has 4 aromatic rings. The molecule has 7 heteroatoms. The Morgan fingerprint density at radius 3 is 2.75 bits per heavy atom. The van der Waals surface area contributed by atoms with Crippen LogP contribution in [0.5, 0.6) is 5.75 Å². The lowest BCUT2D eigenvalue weighted by molar-refractivity contribution is 0.0505. The summed E-state index contributed by atoms with van der Waals surface area (Å²) in [7, 11) is 0. The molecular weight excluding hydrogens is 402 g/mol. The number of hydrogen-bond acceptors (Lipinski definition) is 5. The van der Waals surface area contributed by atoms with E-state index in [1.807, 2.05) is 59.6 Å². The van der Waals surface area contributed by atoms with Crippen LogP contribution < -0.4 is 4.74 Å². The van der Waals surface area contributed by atoms with Gasteiger partial charge < -0.3 is 9.64 Å². The van der Waals surface area contributed by atoms with E-state index < -0.39 is 0 Å². The zero-order valence-electron chi connectivity index (χ0n) is 18.0. The van der Waals surface area contributed by atoms with Crippen LogP contribution in [0, 0.1) is 5.92 Å². The molecule has 5 rings (SSSR count). The van der Waals surface area contributed by atoms with Gasteiger partial charge in [0.2, 0.25) is 0 Å². The van der Waals surface area contributed by atoms with E-state index in [9.17, 15) is 4.79 Å².